The van der Waals surface area contributed by atoms with Crippen molar-refractivity contribution in [3.05, 3.63) is 90.0 Å². The van der Waals surface area contributed by atoms with Crippen molar-refractivity contribution in [1.82, 2.24) is 10.2 Å². The number of carboxylic acids is 1. The Balaban J connectivity index is 1.55. The van der Waals surface area contributed by atoms with Crippen molar-refractivity contribution in [3.8, 4) is 11.1 Å². The fourth-order valence-corrected chi connectivity index (χ4v) is 6.02. The molecule has 3 aromatic rings. The van der Waals surface area contributed by atoms with Crippen molar-refractivity contribution in [1.29, 1.82) is 0 Å². The minimum absolute atomic E-state index is 0.180. The molecule has 0 radical (unpaired) electrons. The highest BCUT2D eigenvalue weighted by Crippen LogP contribution is 2.45. The van der Waals surface area contributed by atoms with Gasteiger partial charge in [-0.25, -0.2) is 9.59 Å². The Kier molecular flexibility index (Phi) is 9.34. The number of nitrogens with zero attached hydrogens (tertiary/aromatic N) is 1. The summed E-state index contributed by atoms with van der Waals surface area (Å²) >= 11 is 1.47. The van der Waals surface area contributed by atoms with E-state index >= 15 is 0 Å². The Bertz CT molecular complexity index is 1420. The third-order valence-corrected chi connectivity index (χ3v) is 7.52. The summed E-state index contributed by atoms with van der Waals surface area (Å²) < 4.78 is 5.66. The maximum absolute atomic E-state index is 13.7. The quantitative estimate of drug-likeness (QED) is 0.320. The second-order valence-corrected chi connectivity index (χ2v) is 11.7. The highest BCUT2D eigenvalue weighted by molar-refractivity contribution is 7.99. The molecule has 214 valence electrons. The first-order valence-electron chi connectivity index (χ1n) is 13.2. The normalized spacial score (nSPS) is 16.6. The Hall–Kier alpha value is -4.31. The molecule has 1 fully saturated rings. The van der Waals surface area contributed by atoms with Crippen LogP contribution in [0.25, 0.3) is 11.1 Å². The van der Waals surface area contributed by atoms with E-state index in [1.807, 2.05) is 54.6 Å². The maximum atomic E-state index is 13.7. The van der Waals surface area contributed by atoms with Crippen LogP contribution in [0, 0.1) is 0 Å². The smallest absolute Gasteiger partial charge is 0.330 e. The molecule has 1 aliphatic rings. The van der Waals surface area contributed by atoms with Crippen molar-refractivity contribution < 1.29 is 29.0 Å². The molecule has 3 aromatic carbocycles. The zero-order valence-electron chi connectivity index (χ0n) is 23.1. The molecule has 41 heavy (non-hydrogen) atoms. The molecule has 9 nitrogen and oxygen atoms in total. The molecule has 0 aliphatic carbocycles. The molecule has 2 atom stereocenters. The van der Waals surface area contributed by atoms with Crippen molar-refractivity contribution in [2.75, 3.05) is 17.6 Å². The van der Waals surface area contributed by atoms with E-state index in [0.29, 0.717) is 17.0 Å². The second kappa shape index (κ2) is 12.9. The van der Waals surface area contributed by atoms with E-state index in [9.17, 15) is 19.2 Å². The van der Waals surface area contributed by atoms with Crippen LogP contribution in [-0.2, 0) is 25.5 Å². The van der Waals surface area contributed by atoms with Gasteiger partial charge in [0.25, 0.3) is 0 Å². The number of aliphatic carboxylic acids is 1. The van der Waals surface area contributed by atoms with Crippen LogP contribution >= 0.6 is 11.8 Å². The van der Waals surface area contributed by atoms with E-state index in [1.165, 1.54) is 16.7 Å². The van der Waals surface area contributed by atoms with Gasteiger partial charge >= 0.3 is 18.0 Å². The third-order valence-electron chi connectivity index (χ3n) is 6.22. The lowest BCUT2D eigenvalue weighted by atomic mass is 9.99. The first kappa shape index (κ1) is 29.7. The van der Waals surface area contributed by atoms with Crippen LogP contribution < -0.4 is 10.6 Å². The molecule has 3 N–H and O–H groups in total. The molecule has 1 saturated heterocycles. The predicted octanol–water partition coefficient (Wildman–Crippen LogP) is 5.09. The fraction of sp³-hybridized carbons (Fsp3) is 0.290. The number of carboxylic acid groups (broad SMARTS) is 1. The van der Waals surface area contributed by atoms with Gasteiger partial charge in [0, 0.05) is 11.4 Å². The van der Waals surface area contributed by atoms with Crippen molar-refractivity contribution >= 4 is 41.3 Å². The van der Waals surface area contributed by atoms with Crippen LogP contribution in [0.4, 0.5) is 10.5 Å². The number of anilines is 1. The average molecular weight is 576 g/mol. The number of ether oxygens (including phenoxy) is 1. The van der Waals surface area contributed by atoms with Gasteiger partial charge in [0.2, 0.25) is 5.91 Å². The number of nitrogens with one attached hydrogen (secondary N) is 2. The van der Waals surface area contributed by atoms with Crippen molar-refractivity contribution in [2.24, 2.45) is 0 Å². The molecule has 10 heteroatoms. The second-order valence-electron chi connectivity index (χ2n) is 10.6. The zero-order chi connectivity index (χ0) is 29.6. The minimum atomic E-state index is -0.983. The van der Waals surface area contributed by atoms with E-state index in [1.54, 1.807) is 45.0 Å². The number of benzene rings is 3. The summed E-state index contributed by atoms with van der Waals surface area (Å²) in [5, 5.41) is 13.7. The first-order valence-corrected chi connectivity index (χ1v) is 14.2. The van der Waals surface area contributed by atoms with Crippen LogP contribution in [0.5, 0.6) is 0 Å². The SMILES string of the molecule is CC(C)(C)OC(=O)C1CSC(c2ccccc2-c2ccccc2)N1C(=O)CNC(=O)Nc1cccc(CC(=O)O)c1. The summed E-state index contributed by atoms with van der Waals surface area (Å²) in [7, 11) is 0. The van der Waals surface area contributed by atoms with E-state index in [-0.39, 0.29) is 13.0 Å². The molecule has 0 bridgehead atoms. The van der Waals surface area contributed by atoms with Gasteiger partial charge in [-0.3, -0.25) is 9.59 Å². The van der Waals surface area contributed by atoms with Gasteiger partial charge in [0.05, 0.1) is 13.0 Å². The van der Waals surface area contributed by atoms with Gasteiger partial charge in [-0.15, -0.1) is 11.8 Å². The van der Waals surface area contributed by atoms with E-state index < -0.39 is 40.9 Å². The monoisotopic (exact) mass is 575 g/mol. The number of esters is 1. The Morgan fingerprint density at radius 1 is 0.976 bits per heavy atom. The first-order chi connectivity index (χ1) is 19.5. The molecular weight excluding hydrogens is 542 g/mol. The molecule has 1 heterocycles. The van der Waals surface area contributed by atoms with Gasteiger partial charge in [-0.2, -0.15) is 0 Å². The standard InChI is InChI=1S/C31H33N3O6S/c1-31(2,3)40-29(38)25-19-41-28(24-15-8-7-14-23(24)21-11-5-4-6-12-21)34(25)26(35)18-32-30(39)33-22-13-9-10-20(16-22)17-27(36)37/h4-16,25,28H,17-19H2,1-3H3,(H,36,37)(H2,32,33,39). The van der Waals surface area contributed by atoms with E-state index in [4.69, 9.17) is 9.84 Å². The zero-order valence-corrected chi connectivity index (χ0v) is 23.9. The van der Waals surface area contributed by atoms with E-state index in [2.05, 4.69) is 10.6 Å². The number of amides is 3. The average Bonchev–Trinajstić information content (AvgIpc) is 3.37. The highest BCUT2D eigenvalue weighted by atomic mass is 32.2. The summed E-state index contributed by atoms with van der Waals surface area (Å²) in [4.78, 5) is 52.1. The van der Waals surface area contributed by atoms with Gasteiger partial charge < -0.3 is 25.4 Å². The lowest BCUT2D eigenvalue weighted by molar-refractivity contribution is -0.163. The number of rotatable bonds is 8. The van der Waals surface area contributed by atoms with Crippen molar-refractivity contribution in [3.63, 3.8) is 0 Å². The summed E-state index contributed by atoms with van der Waals surface area (Å²) in [5.41, 5.74) is 3.00. The lowest BCUT2D eigenvalue weighted by Crippen LogP contribution is -2.49. The number of hydrogen-bond acceptors (Lipinski definition) is 6. The third kappa shape index (κ3) is 7.88. The summed E-state index contributed by atoms with van der Waals surface area (Å²) in [6.07, 6.45) is -0.180. The van der Waals surface area contributed by atoms with Gasteiger partial charge in [0.15, 0.2) is 0 Å². The summed E-state index contributed by atoms with van der Waals surface area (Å²) in [6.45, 7) is 4.97. The highest BCUT2D eigenvalue weighted by Gasteiger charge is 2.44. The molecule has 3 amide bonds. The minimum Gasteiger partial charge on any atom is -0.481 e. The largest absolute Gasteiger partial charge is 0.481 e. The molecule has 1 aliphatic heterocycles. The van der Waals surface area contributed by atoms with Crippen LogP contribution in [0.3, 0.4) is 0 Å². The molecule has 0 spiro atoms. The number of carbonyl (C=O) groups excluding carboxylic acids is 3. The molecule has 0 saturated carbocycles. The number of hydrogen-bond donors (Lipinski definition) is 3. The number of thioether (sulfide) groups is 1. The van der Waals surface area contributed by atoms with Gasteiger partial charge in [0.1, 0.15) is 17.0 Å². The molecular formula is C31H33N3O6S. The summed E-state index contributed by atoms with van der Waals surface area (Å²) in [5.74, 6) is -1.58. The Labute approximate surface area is 243 Å². The van der Waals surface area contributed by atoms with E-state index in [0.717, 1.165) is 16.7 Å². The molecule has 2 unspecified atom stereocenters. The molecule has 4 rings (SSSR count). The van der Waals surface area contributed by atoms with Crippen LogP contribution in [-0.4, -0.2) is 57.8 Å². The maximum Gasteiger partial charge on any atom is 0.330 e. The lowest BCUT2D eigenvalue weighted by Gasteiger charge is -2.31. The Morgan fingerprint density at radius 2 is 1.68 bits per heavy atom. The predicted molar refractivity (Wildman–Crippen MR) is 158 cm³/mol. The van der Waals surface area contributed by atoms with Gasteiger partial charge in [-0.1, -0.05) is 66.7 Å². The van der Waals surface area contributed by atoms with Crippen molar-refractivity contribution in [2.45, 2.75) is 44.2 Å². The summed E-state index contributed by atoms with van der Waals surface area (Å²) in [6, 6.07) is 22.6. The van der Waals surface area contributed by atoms with Crippen LogP contribution in [0.2, 0.25) is 0 Å². The number of urea groups is 1. The molecule has 0 aromatic heterocycles. The Morgan fingerprint density at radius 3 is 2.39 bits per heavy atom. The van der Waals surface area contributed by atoms with Crippen LogP contribution in [0.1, 0.15) is 37.3 Å². The topological polar surface area (TPSA) is 125 Å². The fourth-order valence-electron chi connectivity index (χ4n) is 4.55. The van der Waals surface area contributed by atoms with Gasteiger partial charge in [-0.05, 0) is 55.2 Å². The van der Waals surface area contributed by atoms with Crippen LogP contribution in [0.15, 0.2) is 78.9 Å². The number of carbonyl (C=O) groups is 4.